The van der Waals surface area contributed by atoms with E-state index in [-0.39, 0.29) is 6.61 Å². The maximum absolute atomic E-state index is 12.3. The standard InChI is InChI=1S/C17H30N3O8/c1-16(2)5-9(6-17(3,4)20(16)26)18-19-11(21)8-27-7-10-12(22)13(23)14(24)15(25)28-10/h10,12-15,22-25H,5-8H2,1-4H3,(H,19,21). The molecule has 1 radical (unpaired) electrons. The largest absolute Gasteiger partial charge is 0.387 e. The van der Waals surface area contributed by atoms with Crippen LogP contribution in [0.4, 0.5) is 0 Å². The molecule has 0 saturated carbocycles. The molecule has 5 atom stereocenters. The van der Waals surface area contributed by atoms with Gasteiger partial charge in [0.05, 0.1) is 6.61 Å². The van der Waals surface area contributed by atoms with Crippen molar-refractivity contribution in [2.45, 2.75) is 82.3 Å². The van der Waals surface area contributed by atoms with Gasteiger partial charge in [0.15, 0.2) is 6.29 Å². The molecule has 2 fully saturated rings. The molecule has 0 aromatic heterocycles. The summed E-state index contributed by atoms with van der Waals surface area (Å²) in [6.07, 6.45) is -6.61. The molecular weight excluding hydrogens is 374 g/mol. The van der Waals surface area contributed by atoms with Crippen LogP contribution in [0.15, 0.2) is 5.10 Å². The predicted molar refractivity (Wildman–Crippen MR) is 95.2 cm³/mol. The summed E-state index contributed by atoms with van der Waals surface area (Å²) >= 11 is 0. The Labute approximate surface area is 163 Å². The number of nitrogens with one attached hydrogen (secondary N) is 1. The number of aliphatic hydroxyl groups is 4. The molecule has 2 aliphatic rings. The number of ether oxygens (including phenoxy) is 2. The number of amides is 1. The molecular formula is C17H30N3O8. The first kappa shape index (κ1) is 23.1. The van der Waals surface area contributed by atoms with Crippen LogP contribution < -0.4 is 5.43 Å². The molecule has 2 aliphatic heterocycles. The number of rotatable bonds is 5. The number of carbonyl (C=O) groups is 1. The normalized spacial score (nSPS) is 35.5. The van der Waals surface area contributed by atoms with Gasteiger partial charge in [-0.2, -0.15) is 5.10 Å². The molecule has 28 heavy (non-hydrogen) atoms. The van der Waals surface area contributed by atoms with Crippen LogP contribution in [0.2, 0.25) is 0 Å². The molecule has 2 rings (SSSR count). The maximum Gasteiger partial charge on any atom is 0.266 e. The van der Waals surface area contributed by atoms with E-state index in [9.17, 15) is 30.4 Å². The fourth-order valence-corrected chi connectivity index (χ4v) is 3.61. The first-order valence-corrected chi connectivity index (χ1v) is 9.12. The molecule has 5 N–H and O–H groups in total. The average molecular weight is 404 g/mol. The fourth-order valence-electron chi connectivity index (χ4n) is 3.61. The van der Waals surface area contributed by atoms with Gasteiger partial charge < -0.3 is 29.9 Å². The van der Waals surface area contributed by atoms with Gasteiger partial charge in [0.25, 0.3) is 5.91 Å². The van der Waals surface area contributed by atoms with Crippen molar-refractivity contribution >= 4 is 11.6 Å². The molecule has 2 saturated heterocycles. The Morgan fingerprint density at radius 2 is 1.71 bits per heavy atom. The quantitative estimate of drug-likeness (QED) is 0.338. The fraction of sp³-hybridized carbons (Fsp3) is 0.882. The Hall–Kier alpha value is -1.18. The monoisotopic (exact) mass is 404 g/mol. The Morgan fingerprint density at radius 1 is 1.14 bits per heavy atom. The van der Waals surface area contributed by atoms with E-state index in [1.807, 2.05) is 27.7 Å². The molecule has 0 spiro atoms. The minimum Gasteiger partial charge on any atom is -0.387 e. The Balaban J connectivity index is 1.81. The van der Waals surface area contributed by atoms with E-state index in [0.717, 1.165) is 5.06 Å². The molecule has 0 aromatic rings. The lowest BCUT2D eigenvalue weighted by Gasteiger charge is -2.46. The molecule has 161 valence electrons. The zero-order valence-electron chi connectivity index (χ0n) is 16.5. The summed E-state index contributed by atoms with van der Waals surface area (Å²) in [6, 6.07) is 0. The van der Waals surface area contributed by atoms with Crippen LogP contribution in [-0.4, -0.2) is 92.1 Å². The van der Waals surface area contributed by atoms with Gasteiger partial charge in [-0.05, 0) is 27.7 Å². The van der Waals surface area contributed by atoms with Gasteiger partial charge in [-0.3, -0.25) is 4.79 Å². The number of aliphatic hydroxyl groups excluding tert-OH is 4. The molecule has 11 heteroatoms. The number of hydrazone groups is 1. The third-order valence-electron chi connectivity index (χ3n) is 4.91. The van der Waals surface area contributed by atoms with Gasteiger partial charge in [-0.15, -0.1) is 10.3 Å². The van der Waals surface area contributed by atoms with Crippen molar-refractivity contribution in [2.75, 3.05) is 13.2 Å². The topological polar surface area (TPSA) is 164 Å². The van der Waals surface area contributed by atoms with Gasteiger partial charge >= 0.3 is 0 Å². The second kappa shape index (κ2) is 8.67. The van der Waals surface area contributed by atoms with Crippen LogP contribution in [0.5, 0.6) is 0 Å². The van der Waals surface area contributed by atoms with Gasteiger partial charge in [-0.1, -0.05) is 0 Å². The van der Waals surface area contributed by atoms with E-state index in [2.05, 4.69) is 10.5 Å². The first-order valence-electron chi connectivity index (χ1n) is 9.12. The van der Waals surface area contributed by atoms with Crippen LogP contribution >= 0.6 is 0 Å². The minimum atomic E-state index is -1.66. The zero-order valence-corrected chi connectivity index (χ0v) is 16.5. The smallest absolute Gasteiger partial charge is 0.266 e. The van der Waals surface area contributed by atoms with Gasteiger partial charge in [0, 0.05) is 29.6 Å². The van der Waals surface area contributed by atoms with Crippen molar-refractivity contribution in [1.29, 1.82) is 0 Å². The van der Waals surface area contributed by atoms with Crippen molar-refractivity contribution < 1.29 is 39.9 Å². The SMILES string of the molecule is CC1(C)CC(=NNC(=O)COCC2OC(O)C(O)C(O)C2O)CC(C)(C)N1[O]. The summed E-state index contributed by atoms with van der Waals surface area (Å²) in [5.74, 6) is -0.543. The lowest BCUT2D eigenvalue weighted by molar-refractivity contribution is -0.288. The van der Waals surface area contributed by atoms with Crippen molar-refractivity contribution in [3.63, 3.8) is 0 Å². The predicted octanol–water partition coefficient (Wildman–Crippen LogP) is -1.73. The number of nitrogens with zero attached hydrogens (tertiary/aromatic N) is 2. The molecule has 0 bridgehead atoms. The molecule has 1 amide bonds. The third-order valence-corrected chi connectivity index (χ3v) is 4.91. The van der Waals surface area contributed by atoms with Crippen LogP contribution in [0.1, 0.15) is 40.5 Å². The van der Waals surface area contributed by atoms with E-state index >= 15 is 0 Å². The highest BCUT2D eigenvalue weighted by Gasteiger charge is 2.45. The lowest BCUT2D eigenvalue weighted by atomic mass is 9.81. The van der Waals surface area contributed by atoms with Crippen molar-refractivity contribution in [3.05, 3.63) is 0 Å². The van der Waals surface area contributed by atoms with Gasteiger partial charge in [0.2, 0.25) is 0 Å². The van der Waals surface area contributed by atoms with Crippen LogP contribution in [0.3, 0.4) is 0 Å². The van der Waals surface area contributed by atoms with Crippen molar-refractivity contribution in [1.82, 2.24) is 10.5 Å². The number of hydrogen-bond acceptors (Lipinski definition) is 9. The summed E-state index contributed by atoms with van der Waals surface area (Å²) < 4.78 is 10.1. The Kier molecular flexibility index (Phi) is 7.16. The second-order valence-corrected chi connectivity index (χ2v) is 8.54. The van der Waals surface area contributed by atoms with Crippen LogP contribution in [0.25, 0.3) is 0 Å². The number of hydroxylamine groups is 2. The number of piperidine rings is 1. The van der Waals surface area contributed by atoms with Crippen LogP contribution in [-0.2, 0) is 19.5 Å². The lowest BCUT2D eigenvalue weighted by Crippen LogP contribution is -2.58. The Bertz CT molecular complexity index is 577. The maximum atomic E-state index is 12.3. The van der Waals surface area contributed by atoms with Gasteiger partial charge in [-0.25, -0.2) is 5.43 Å². The first-order chi connectivity index (χ1) is 12.8. The molecule has 0 aliphatic carbocycles. The summed E-state index contributed by atoms with van der Waals surface area (Å²) in [4.78, 5) is 11.9. The molecule has 5 unspecified atom stereocenters. The highest BCUT2D eigenvalue weighted by Crippen LogP contribution is 2.35. The van der Waals surface area contributed by atoms with Crippen LogP contribution in [0, 0.1) is 0 Å². The Morgan fingerprint density at radius 3 is 2.29 bits per heavy atom. The van der Waals surface area contributed by atoms with Crippen molar-refractivity contribution in [2.24, 2.45) is 5.10 Å². The van der Waals surface area contributed by atoms with E-state index in [4.69, 9.17) is 9.47 Å². The third kappa shape index (κ3) is 5.24. The average Bonchev–Trinajstić information content (AvgIpc) is 2.60. The van der Waals surface area contributed by atoms with E-state index < -0.39 is 54.3 Å². The van der Waals surface area contributed by atoms with Gasteiger partial charge in [0.1, 0.15) is 31.0 Å². The van der Waals surface area contributed by atoms with Crippen molar-refractivity contribution in [3.8, 4) is 0 Å². The molecule has 11 nitrogen and oxygen atoms in total. The highest BCUT2D eigenvalue weighted by atomic mass is 16.6. The summed E-state index contributed by atoms with van der Waals surface area (Å²) in [5.41, 5.74) is 1.80. The number of carbonyl (C=O) groups excluding carboxylic acids is 1. The summed E-state index contributed by atoms with van der Waals surface area (Å²) in [6.45, 7) is 6.59. The zero-order chi connectivity index (χ0) is 21.3. The molecule has 2 heterocycles. The van der Waals surface area contributed by atoms with E-state index in [0.29, 0.717) is 18.6 Å². The highest BCUT2D eigenvalue weighted by molar-refractivity contribution is 5.89. The van der Waals surface area contributed by atoms with E-state index in [1.54, 1.807) is 0 Å². The molecule has 0 aromatic carbocycles. The minimum absolute atomic E-state index is 0.281. The van der Waals surface area contributed by atoms with E-state index in [1.165, 1.54) is 0 Å². The summed E-state index contributed by atoms with van der Waals surface area (Å²) in [7, 11) is 0. The second-order valence-electron chi connectivity index (χ2n) is 8.54. The summed E-state index contributed by atoms with van der Waals surface area (Å²) in [5, 5.41) is 55.7. The number of hydrogen-bond donors (Lipinski definition) is 5.